The zero-order chi connectivity index (χ0) is 21.2. The summed E-state index contributed by atoms with van der Waals surface area (Å²) in [5.74, 6) is 0.716. The van der Waals surface area contributed by atoms with Gasteiger partial charge >= 0.3 is 0 Å². The highest BCUT2D eigenvalue weighted by Gasteiger charge is 2.27. The second-order valence-corrected chi connectivity index (χ2v) is 8.69. The lowest BCUT2D eigenvalue weighted by molar-refractivity contribution is 0.388. The number of benzene rings is 2. The van der Waals surface area contributed by atoms with Crippen LogP contribution in [0.3, 0.4) is 0 Å². The predicted molar refractivity (Wildman–Crippen MR) is 111 cm³/mol. The highest BCUT2D eigenvalue weighted by atomic mass is 32.2. The third-order valence-corrected chi connectivity index (χ3v) is 6.71. The van der Waals surface area contributed by atoms with E-state index in [1.54, 1.807) is 19.2 Å². The molecule has 1 aromatic heterocycles. The maximum atomic E-state index is 13.2. The van der Waals surface area contributed by atoms with Crippen molar-refractivity contribution in [2.24, 2.45) is 0 Å². The van der Waals surface area contributed by atoms with Crippen LogP contribution in [-0.2, 0) is 16.6 Å². The first kappa shape index (κ1) is 20.9. The normalized spacial score (nSPS) is 11.7. The van der Waals surface area contributed by atoms with E-state index in [0.717, 1.165) is 22.6 Å². The molecule has 29 heavy (non-hydrogen) atoms. The highest BCUT2D eigenvalue weighted by Crippen LogP contribution is 2.31. The van der Waals surface area contributed by atoms with Gasteiger partial charge in [0.15, 0.2) is 0 Å². The molecule has 1 heterocycles. The van der Waals surface area contributed by atoms with Crippen LogP contribution in [0.15, 0.2) is 53.4 Å². The molecule has 0 atom stereocenters. The van der Waals surface area contributed by atoms with Crippen molar-refractivity contribution in [1.29, 1.82) is 0 Å². The fourth-order valence-corrected chi connectivity index (χ4v) is 4.49. The Balaban J connectivity index is 1.97. The first-order valence-electron chi connectivity index (χ1n) is 9.08. The van der Waals surface area contributed by atoms with Gasteiger partial charge in [-0.1, -0.05) is 18.2 Å². The minimum atomic E-state index is -3.81. The van der Waals surface area contributed by atoms with Crippen LogP contribution in [-0.4, -0.2) is 43.8 Å². The van der Waals surface area contributed by atoms with Gasteiger partial charge in [-0.3, -0.25) is 0 Å². The molecule has 0 spiro atoms. The van der Waals surface area contributed by atoms with E-state index in [2.05, 4.69) is 5.10 Å². The SMILES string of the molecule is COc1ccc(OC)c(S(=O)(=O)N(C)Cc2c(C)nn(-c3ccccc3)c2C)c1. The second-order valence-electron chi connectivity index (χ2n) is 6.67. The van der Waals surface area contributed by atoms with Gasteiger partial charge in [0.1, 0.15) is 16.4 Å². The van der Waals surface area contributed by atoms with Crippen molar-refractivity contribution in [1.82, 2.24) is 14.1 Å². The summed E-state index contributed by atoms with van der Waals surface area (Å²) in [6.45, 7) is 4.01. The summed E-state index contributed by atoms with van der Waals surface area (Å²) >= 11 is 0. The van der Waals surface area contributed by atoms with Crippen molar-refractivity contribution >= 4 is 10.0 Å². The molecule has 3 rings (SSSR count). The van der Waals surface area contributed by atoms with Gasteiger partial charge in [-0.25, -0.2) is 13.1 Å². The van der Waals surface area contributed by atoms with E-state index < -0.39 is 10.0 Å². The minimum absolute atomic E-state index is 0.0626. The molecule has 0 aliphatic rings. The molecule has 0 unspecified atom stereocenters. The number of aryl methyl sites for hydroxylation is 1. The molecule has 0 fully saturated rings. The lowest BCUT2D eigenvalue weighted by Crippen LogP contribution is -2.27. The Bertz CT molecular complexity index is 1110. The van der Waals surface area contributed by atoms with Gasteiger partial charge in [0.2, 0.25) is 10.0 Å². The van der Waals surface area contributed by atoms with E-state index >= 15 is 0 Å². The van der Waals surface area contributed by atoms with Crippen molar-refractivity contribution in [3.63, 3.8) is 0 Å². The number of para-hydroxylation sites is 1. The average molecular weight is 416 g/mol. The van der Waals surface area contributed by atoms with Crippen molar-refractivity contribution in [2.45, 2.75) is 25.3 Å². The van der Waals surface area contributed by atoms with Gasteiger partial charge < -0.3 is 9.47 Å². The minimum Gasteiger partial charge on any atom is -0.497 e. The number of sulfonamides is 1. The van der Waals surface area contributed by atoms with E-state index in [1.807, 2.05) is 48.9 Å². The van der Waals surface area contributed by atoms with Crippen molar-refractivity contribution < 1.29 is 17.9 Å². The summed E-state index contributed by atoms with van der Waals surface area (Å²) in [5.41, 5.74) is 3.47. The van der Waals surface area contributed by atoms with Crippen molar-refractivity contribution in [3.8, 4) is 17.2 Å². The molecule has 0 radical (unpaired) electrons. The van der Waals surface area contributed by atoms with Crippen molar-refractivity contribution in [3.05, 3.63) is 65.5 Å². The maximum Gasteiger partial charge on any atom is 0.246 e. The van der Waals surface area contributed by atoms with Crippen LogP contribution in [0.25, 0.3) is 5.69 Å². The van der Waals surface area contributed by atoms with Gasteiger partial charge in [0.05, 0.1) is 25.6 Å². The third-order valence-electron chi connectivity index (χ3n) is 4.88. The van der Waals surface area contributed by atoms with Crippen LogP contribution in [0.2, 0.25) is 0 Å². The standard InChI is InChI=1S/C21H25N3O4S/c1-15-19(16(2)24(22-15)17-9-7-6-8-10-17)14-23(3)29(25,26)21-13-18(27-4)11-12-20(21)28-5/h6-13H,14H2,1-5H3. The Labute approximate surface area is 171 Å². The number of rotatable bonds is 7. The molecule has 0 N–H and O–H groups in total. The largest absolute Gasteiger partial charge is 0.497 e. The summed E-state index contributed by atoms with van der Waals surface area (Å²) in [6.07, 6.45) is 0. The summed E-state index contributed by atoms with van der Waals surface area (Å²) in [5, 5.41) is 4.60. The molecule has 8 heteroatoms. The lowest BCUT2D eigenvalue weighted by atomic mass is 10.2. The van der Waals surface area contributed by atoms with Crippen LogP contribution in [0.5, 0.6) is 11.5 Å². The molecule has 0 bridgehead atoms. The van der Waals surface area contributed by atoms with Gasteiger partial charge in [-0.05, 0) is 38.1 Å². The quantitative estimate of drug-likeness (QED) is 0.592. The highest BCUT2D eigenvalue weighted by molar-refractivity contribution is 7.89. The van der Waals surface area contributed by atoms with Gasteiger partial charge in [0.25, 0.3) is 0 Å². The molecule has 0 amide bonds. The van der Waals surface area contributed by atoms with E-state index in [4.69, 9.17) is 9.47 Å². The predicted octanol–water partition coefficient (Wildman–Crippen LogP) is 3.33. The van der Waals surface area contributed by atoms with Crippen LogP contribution < -0.4 is 9.47 Å². The summed E-state index contributed by atoms with van der Waals surface area (Å²) in [4.78, 5) is 0.0626. The fraction of sp³-hybridized carbons (Fsp3) is 0.286. The number of ether oxygens (including phenoxy) is 2. The fourth-order valence-electron chi connectivity index (χ4n) is 3.19. The average Bonchev–Trinajstić information content (AvgIpc) is 3.02. The number of nitrogens with zero attached hydrogens (tertiary/aromatic N) is 3. The lowest BCUT2D eigenvalue weighted by Gasteiger charge is -2.19. The number of aromatic nitrogens is 2. The zero-order valence-electron chi connectivity index (χ0n) is 17.2. The molecule has 7 nitrogen and oxygen atoms in total. The molecule has 2 aromatic carbocycles. The molecular formula is C21H25N3O4S. The monoisotopic (exact) mass is 415 g/mol. The third kappa shape index (κ3) is 3.99. The van der Waals surface area contributed by atoms with E-state index in [-0.39, 0.29) is 17.2 Å². The van der Waals surface area contributed by atoms with Gasteiger partial charge in [-0.2, -0.15) is 9.40 Å². The molecule has 0 saturated carbocycles. The Kier molecular flexibility index (Phi) is 5.95. The summed E-state index contributed by atoms with van der Waals surface area (Å²) < 4.78 is 40.1. The molecular weight excluding hydrogens is 390 g/mol. The van der Waals surface area contributed by atoms with Crippen LogP contribution in [0, 0.1) is 13.8 Å². The molecule has 0 aliphatic carbocycles. The Morgan fingerprint density at radius 3 is 2.34 bits per heavy atom. The van der Waals surface area contributed by atoms with Gasteiger partial charge in [0, 0.05) is 30.9 Å². The Morgan fingerprint density at radius 1 is 1.03 bits per heavy atom. The molecule has 3 aromatic rings. The Hall–Kier alpha value is -2.84. The first-order valence-corrected chi connectivity index (χ1v) is 10.5. The zero-order valence-corrected chi connectivity index (χ0v) is 18.0. The molecule has 0 saturated heterocycles. The van der Waals surface area contributed by atoms with E-state index in [0.29, 0.717) is 5.75 Å². The second kappa shape index (κ2) is 8.26. The van der Waals surface area contributed by atoms with E-state index in [9.17, 15) is 8.42 Å². The molecule has 154 valence electrons. The van der Waals surface area contributed by atoms with Gasteiger partial charge in [-0.15, -0.1) is 0 Å². The topological polar surface area (TPSA) is 73.7 Å². The summed E-state index contributed by atoms with van der Waals surface area (Å²) in [7, 11) is 0.675. The van der Waals surface area contributed by atoms with Crippen molar-refractivity contribution in [2.75, 3.05) is 21.3 Å². The molecule has 0 aliphatic heterocycles. The van der Waals surface area contributed by atoms with Crippen LogP contribution in [0.1, 0.15) is 17.0 Å². The van der Waals surface area contributed by atoms with Crippen LogP contribution in [0.4, 0.5) is 0 Å². The van der Waals surface area contributed by atoms with E-state index in [1.165, 1.54) is 24.6 Å². The summed E-state index contributed by atoms with van der Waals surface area (Å²) in [6, 6.07) is 14.5. The number of hydrogen-bond donors (Lipinski definition) is 0. The maximum absolute atomic E-state index is 13.2. The van der Waals surface area contributed by atoms with Crippen LogP contribution >= 0.6 is 0 Å². The Morgan fingerprint density at radius 2 is 1.72 bits per heavy atom. The first-order chi connectivity index (χ1) is 13.8. The number of hydrogen-bond acceptors (Lipinski definition) is 5. The number of methoxy groups -OCH3 is 2. The smallest absolute Gasteiger partial charge is 0.246 e.